The molecule has 0 aliphatic heterocycles. The third-order valence-electron chi connectivity index (χ3n) is 4.42. The Morgan fingerprint density at radius 2 is 1.68 bits per heavy atom. The molecule has 2 nitrogen and oxygen atoms in total. The lowest BCUT2D eigenvalue weighted by Gasteiger charge is -2.13. The molecule has 0 aliphatic carbocycles. The summed E-state index contributed by atoms with van der Waals surface area (Å²) in [5, 5.41) is 0. The monoisotopic (exact) mass is 328 g/mol. The number of aryl methyl sites for hydroxylation is 3. The molecule has 0 amide bonds. The minimum absolute atomic E-state index is 0.793. The first-order valence-corrected chi connectivity index (χ1v) is 8.66. The maximum absolute atomic E-state index is 4.92. The van der Waals surface area contributed by atoms with Crippen LogP contribution in [-0.4, -0.2) is 9.97 Å². The number of rotatable bonds is 5. The molecule has 3 rings (SSSR count). The minimum atomic E-state index is 0.793. The number of hydrogen-bond donors (Lipinski definition) is 0. The van der Waals surface area contributed by atoms with Gasteiger partial charge in [0.2, 0.25) is 0 Å². The van der Waals surface area contributed by atoms with Crippen LogP contribution in [0.25, 0.3) is 11.4 Å². The Kier molecular flexibility index (Phi) is 5.08. The summed E-state index contributed by atoms with van der Waals surface area (Å²) in [4.78, 5) is 9.68. The van der Waals surface area contributed by atoms with Gasteiger partial charge in [0.15, 0.2) is 5.82 Å². The molecule has 2 aromatic carbocycles. The van der Waals surface area contributed by atoms with E-state index in [0.717, 1.165) is 35.6 Å². The van der Waals surface area contributed by atoms with Crippen LogP contribution >= 0.6 is 0 Å². The van der Waals surface area contributed by atoms with Gasteiger partial charge in [-0.3, -0.25) is 0 Å². The lowest BCUT2D eigenvalue weighted by Crippen LogP contribution is -2.06. The average Bonchev–Trinajstić information content (AvgIpc) is 2.59. The Morgan fingerprint density at radius 3 is 2.36 bits per heavy atom. The second kappa shape index (κ2) is 7.43. The van der Waals surface area contributed by atoms with Crippen molar-refractivity contribution in [2.75, 3.05) is 0 Å². The summed E-state index contributed by atoms with van der Waals surface area (Å²) in [6.07, 6.45) is 3.53. The zero-order valence-electron chi connectivity index (χ0n) is 15.2. The van der Waals surface area contributed by atoms with E-state index in [1.807, 2.05) is 6.08 Å². The fraction of sp³-hybridized carbons (Fsp3) is 0.217. The van der Waals surface area contributed by atoms with Crippen LogP contribution in [0.5, 0.6) is 0 Å². The first-order valence-electron chi connectivity index (χ1n) is 8.66. The summed E-state index contributed by atoms with van der Waals surface area (Å²) in [6, 6.07) is 17.0. The SMILES string of the molecule is C=CCc1c(C)nc(-c2cccc(C)c2)nc1Cc1ccc(C)cc1. The first kappa shape index (κ1) is 17.1. The van der Waals surface area contributed by atoms with Crippen molar-refractivity contribution >= 4 is 0 Å². The van der Waals surface area contributed by atoms with Crippen LogP contribution in [0, 0.1) is 20.8 Å². The quantitative estimate of drug-likeness (QED) is 0.587. The molecule has 0 N–H and O–H groups in total. The lowest BCUT2D eigenvalue weighted by molar-refractivity contribution is 0.948. The average molecular weight is 328 g/mol. The molecule has 0 unspecified atom stereocenters. The van der Waals surface area contributed by atoms with Crippen molar-refractivity contribution in [3.05, 3.63) is 94.8 Å². The number of allylic oxidation sites excluding steroid dienone is 1. The Morgan fingerprint density at radius 1 is 0.920 bits per heavy atom. The van der Waals surface area contributed by atoms with Crippen molar-refractivity contribution in [3.8, 4) is 11.4 Å². The zero-order valence-corrected chi connectivity index (χ0v) is 15.2. The molecule has 3 aromatic rings. The molecule has 0 bridgehead atoms. The van der Waals surface area contributed by atoms with Gasteiger partial charge in [-0.05, 0) is 44.4 Å². The molecule has 25 heavy (non-hydrogen) atoms. The van der Waals surface area contributed by atoms with Gasteiger partial charge in [0.05, 0.1) is 5.69 Å². The van der Waals surface area contributed by atoms with Crippen LogP contribution in [0.15, 0.2) is 61.2 Å². The van der Waals surface area contributed by atoms with E-state index in [2.05, 4.69) is 75.9 Å². The van der Waals surface area contributed by atoms with Crippen LogP contribution in [0.1, 0.15) is 33.6 Å². The highest BCUT2D eigenvalue weighted by Gasteiger charge is 2.13. The molecule has 0 radical (unpaired) electrons. The Labute approximate surface area is 150 Å². The van der Waals surface area contributed by atoms with Gasteiger partial charge in [-0.25, -0.2) is 9.97 Å². The highest BCUT2D eigenvalue weighted by molar-refractivity contribution is 5.57. The first-order chi connectivity index (χ1) is 12.1. The highest BCUT2D eigenvalue weighted by atomic mass is 14.9. The zero-order chi connectivity index (χ0) is 17.8. The molecule has 0 atom stereocenters. The number of benzene rings is 2. The molecule has 0 saturated heterocycles. The van der Waals surface area contributed by atoms with Crippen LogP contribution in [0.2, 0.25) is 0 Å². The maximum Gasteiger partial charge on any atom is 0.159 e. The minimum Gasteiger partial charge on any atom is -0.233 e. The second-order valence-corrected chi connectivity index (χ2v) is 6.58. The third kappa shape index (κ3) is 4.03. The standard InChI is InChI=1S/C23H24N2/c1-5-7-21-18(4)24-23(20-9-6-8-17(3)14-20)25-22(21)15-19-12-10-16(2)11-13-19/h5-6,8-14H,1,7,15H2,2-4H3. The fourth-order valence-corrected chi connectivity index (χ4v) is 3.02. The van der Waals surface area contributed by atoms with Crippen LogP contribution < -0.4 is 0 Å². The molecular weight excluding hydrogens is 304 g/mol. The maximum atomic E-state index is 4.92. The van der Waals surface area contributed by atoms with Crippen molar-refractivity contribution in [1.29, 1.82) is 0 Å². The molecule has 0 aliphatic rings. The van der Waals surface area contributed by atoms with E-state index in [1.54, 1.807) is 0 Å². The van der Waals surface area contributed by atoms with Gasteiger partial charge in [0.25, 0.3) is 0 Å². The normalized spacial score (nSPS) is 10.7. The largest absolute Gasteiger partial charge is 0.233 e. The summed E-state index contributed by atoms with van der Waals surface area (Å²) in [5.74, 6) is 0.802. The van der Waals surface area contributed by atoms with E-state index in [9.17, 15) is 0 Å². The lowest BCUT2D eigenvalue weighted by atomic mass is 10.0. The van der Waals surface area contributed by atoms with Crippen molar-refractivity contribution in [1.82, 2.24) is 9.97 Å². The van der Waals surface area contributed by atoms with Gasteiger partial charge in [-0.1, -0.05) is 59.7 Å². The van der Waals surface area contributed by atoms with Crippen molar-refractivity contribution < 1.29 is 0 Å². The van der Waals surface area contributed by atoms with Crippen LogP contribution in [0.3, 0.4) is 0 Å². The highest BCUT2D eigenvalue weighted by Crippen LogP contribution is 2.22. The van der Waals surface area contributed by atoms with E-state index in [0.29, 0.717) is 0 Å². The molecular formula is C23H24N2. The molecule has 0 fully saturated rings. The van der Waals surface area contributed by atoms with Crippen LogP contribution in [-0.2, 0) is 12.8 Å². The van der Waals surface area contributed by atoms with Crippen molar-refractivity contribution in [2.24, 2.45) is 0 Å². The Bertz CT molecular complexity index is 892. The third-order valence-corrected chi connectivity index (χ3v) is 4.42. The smallest absolute Gasteiger partial charge is 0.159 e. The molecule has 2 heteroatoms. The molecule has 1 heterocycles. The van der Waals surface area contributed by atoms with Crippen molar-refractivity contribution in [3.63, 3.8) is 0 Å². The van der Waals surface area contributed by atoms with Gasteiger partial charge in [-0.2, -0.15) is 0 Å². The van der Waals surface area contributed by atoms with Gasteiger partial charge in [0.1, 0.15) is 0 Å². The van der Waals surface area contributed by atoms with Crippen LogP contribution in [0.4, 0.5) is 0 Å². The summed E-state index contributed by atoms with van der Waals surface area (Å²) >= 11 is 0. The van der Waals surface area contributed by atoms with E-state index in [1.165, 1.54) is 22.3 Å². The Balaban J connectivity index is 2.06. The summed E-state index contributed by atoms with van der Waals surface area (Å²) in [5.41, 5.74) is 8.14. The fourth-order valence-electron chi connectivity index (χ4n) is 3.02. The van der Waals surface area contributed by atoms with Gasteiger partial charge >= 0.3 is 0 Å². The van der Waals surface area contributed by atoms with Crippen molar-refractivity contribution in [2.45, 2.75) is 33.6 Å². The van der Waals surface area contributed by atoms with Gasteiger partial charge in [0, 0.05) is 17.7 Å². The van der Waals surface area contributed by atoms with E-state index in [-0.39, 0.29) is 0 Å². The predicted molar refractivity (Wildman–Crippen MR) is 105 cm³/mol. The summed E-state index contributed by atoms with van der Waals surface area (Å²) in [6.45, 7) is 10.2. The summed E-state index contributed by atoms with van der Waals surface area (Å²) in [7, 11) is 0. The Hall–Kier alpha value is -2.74. The van der Waals surface area contributed by atoms with Gasteiger partial charge < -0.3 is 0 Å². The number of aromatic nitrogens is 2. The number of hydrogen-bond acceptors (Lipinski definition) is 2. The van der Waals surface area contributed by atoms with Gasteiger partial charge in [-0.15, -0.1) is 6.58 Å². The number of nitrogens with zero attached hydrogens (tertiary/aromatic N) is 2. The predicted octanol–water partition coefficient (Wildman–Crippen LogP) is 5.39. The second-order valence-electron chi connectivity index (χ2n) is 6.58. The summed E-state index contributed by atoms with van der Waals surface area (Å²) < 4.78 is 0. The molecule has 0 saturated carbocycles. The van der Waals surface area contributed by atoms with E-state index in [4.69, 9.17) is 9.97 Å². The molecule has 126 valence electrons. The molecule has 0 spiro atoms. The topological polar surface area (TPSA) is 25.8 Å². The van der Waals surface area contributed by atoms with E-state index < -0.39 is 0 Å². The molecule has 1 aromatic heterocycles. The van der Waals surface area contributed by atoms with E-state index >= 15 is 0 Å².